The number of nitrogens with one attached hydrogen (secondary N) is 1. The fourth-order valence-corrected chi connectivity index (χ4v) is 4.84. The third-order valence-corrected chi connectivity index (χ3v) is 6.34. The third kappa shape index (κ3) is 3.27. The first-order chi connectivity index (χ1) is 9.27. The first-order valence-electron chi connectivity index (χ1n) is 7.79. The summed E-state index contributed by atoms with van der Waals surface area (Å²) in [5, 5.41) is 4.84. The average molecular weight is 282 g/mol. The van der Waals surface area contributed by atoms with Crippen LogP contribution in [0.4, 0.5) is 0 Å². The van der Waals surface area contributed by atoms with Crippen LogP contribution in [0.25, 0.3) is 0 Å². The molecule has 0 amide bonds. The molecule has 1 unspecified atom stereocenters. The second-order valence-corrected chi connectivity index (χ2v) is 7.46. The summed E-state index contributed by atoms with van der Waals surface area (Å²) in [6.07, 6.45) is 8.00. The molecule has 0 bridgehead atoms. The van der Waals surface area contributed by atoms with E-state index in [0.29, 0.717) is 11.5 Å². The Balaban J connectivity index is 1.51. The highest BCUT2D eigenvalue weighted by Gasteiger charge is 2.36. The summed E-state index contributed by atoms with van der Waals surface area (Å²) in [5.74, 6) is 2.03. The number of ether oxygens (including phenoxy) is 1. The van der Waals surface area contributed by atoms with Crippen LogP contribution in [0, 0.1) is 11.3 Å². The van der Waals surface area contributed by atoms with Gasteiger partial charge in [-0.05, 0) is 43.9 Å². The predicted molar refractivity (Wildman–Crippen MR) is 81.8 cm³/mol. The van der Waals surface area contributed by atoms with Gasteiger partial charge in [-0.15, -0.1) is 0 Å². The lowest BCUT2D eigenvalue weighted by Gasteiger charge is -2.34. The minimum absolute atomic E-state index is 0.535. The molecule has 0 radical (unpaired) electrons. The van der Waals surface area contributed by atoms with Crippen molar-refractivity contribution in [3.8, 4) is 0 Å². The van der Waals surface area contributed by atoms with Crippen molar-refractivity contribution < 1.29 is 4.74 Å². The second-order valence-electron chi connectivity index (χ2n) is 6.50. The molecule has 2 heterocycles. The van der Waals surface area contributed by atoms with Gasteiger partial charge in [0.1, 0.15) is 0 Å². The largest absolute Gasteiger partial charge is 0.381 e. The molecular formula is C15H26N2OS. The molecule has 3 rings (SSSR count). The van der Waals surface area contributed by atoms with E-state index in [-0.39, 0.29) is 0 Å². The van der Waals surface area contributed by atoms with E-state index in [1.165, 1.54) is 49.4 Å². The van der Waals surface area contributed by atoms with Crippen LogP contribution < -0.4 is 5.32 Å². The highest BCUT2D eigenvalue weighted by atomic mass is 32.2. The number of thioether (sulfide) groups is 1. The van der Waals surface area contributed by atoms with E-state index in [9.17, 15) is 0 Å². The van der Waals surface area contributed by atoms with Gasteiger partial charge in [-0.3, -0.25) is 4.99 Å². The van der Waals surface area contributed by atoms with Crippen LogP contribution >= 0.6 is 11.8 Å². The van der Waals surface area contributed by atoms with E-state index < -0.39 is 0 Å². The van der Waals surface area contributed by atoms with Gasteiger partial charge in [-0.2, -0.15) is 0 Å². The van der Waals surface area contributed by atoms with Crippen LogP contribution in [0.1, 0.15) is 45.4 Å². The Labute approximate surface area is 121 Å². The normalized spacial score (nSPS) is 29.2. The minimum atomic E-state index is 0.535. The van der Waals surface area contributed by atoms with Gasteiger partial charge in [0.2, 0.25) is 0 Å². The van der Waals surface area contributed by atoms with Crippen LogP contribution in [0.3, 0.4) is 0 Å². The van der Waals surface area contributed by atoms with Crippen LogP contribution in [0.5, 0.6) is 0 Å². The van der Waals surface area contributed by atoms with Crippen molar-refractivity contribution in [1.82, 2.24) is 5.32 Å². The number of rotatable bonds is 2. The topological polar surface area (TPSA) is 33.6 Å². The van der Waals surface area contributed by atoms with E-state index in [2.05, 4.69) is 12.2 Å². The summed E-state index contributed by atoms with van der Waals surface area (Å²) in [6.45, 7) is 5.22. The van der Waals surface area contributed by atoms with Crippen molar-refractivity contribution in [2.24, 2.45) is 16.3 Å². The summed E-state index contributed by atoms with van der Waals surface area (Å²) in [4.78, 5) is 4.84. The molecule has 2 fully saturated rings. The standard InChI is InChI=1S/C15H26N2OS/c1-12(13-4-8-18-9-5-13)17-14-16-10-15(11-19-14)6-2-3-7-15/h12-13H,2-11H2,1H3,(H,16,17). The highest BCUT2D eigenvalue weighted by molar-refractivity contribution is 8.13. The van der Waals surface area contributed by atoms with Gasteiger partial charge in [0, 0.05) is 31.6 Å². The smallest absolute Gasteiger partial charge is 0.156 e. The van der Waals surface area contributed by atoms with Crippen molar-refractivity contribution >= 4 is 16.9 Å². The van der Waals surface area contributed by atoms with Gasteiger partial charge in [-0.25, -0.2) is 0 Å². The summed E-state index contributed by atoms with van der Waals surface area (Å²) in [7, 11) is 0. The number of amidine groups is 1. The average Bonchev–Trinajstić information content (AvgIpc) is 2.91. The van der Waals surface area contributed by atoms with E-state index in [4.69, 9.17) is 9.73 Å². The molecule has 0 aromatic heterocycles. The predicted octanol–water partition coefficient (Wildman–Crippen LogP) is 3.05. The van der Waals surface area contributed by atoms with E-state index in [0.717, 1.165) is 25.7 Å². The van der Waals surface area contributed by atoms with Gasteiger partial charge in [0.15, 0.2) is 5.17 Å². The molecule has 2 aliphatic heterocycles. The first-order valence-corrected chi connectivity index (χ1v) is 8.78. The number of aliphatic imine (C=N–C) groups is 1. The van der Waals surface area contributed by atoms with Gasteiger partial charge in [0.05, 0.1) is 0 Å². The van der Waals surface area contributed by atoms with Gasteiger partial charge in [0.25, 0.3) is 0 Å². The molecule has 19 heavy (non-hydrogen) atoms. The van der Waals surface area contributed by atoms with Crippen molar-refractivity contribution in [3.63, 3.8) is 0 Å². The van der Waals surface area contributed by atoms with Crippen LogP contribution in [-0.2, 0) is 4.74 Å². The molecule has 108 valence electrons. The maximum absolute atomic E-state index is 5.44. The summed E-state index contributed by atoms with van der Waals surface area (Å²) in [5.41, 5.74) is 0.553. The molecule has 4 heteroatoms. The van der Waals surface area contributed by atoms with Crippen LogP contribution in [0.2, 0.25) is 0 Å². The molecule has 1 atom stereocenters. The number of nitrogens with zero attached hydrogens (tertiary/aromatic N) is 1. The molecule has 3 aliphatic rings. The molecule has 1 aliphatic carbocycles. The zero-order valence-corrected chi connectivity index (χ0v) is 12.8. The molecule has 1 spiro atoms. The van der Waals surface area contributed by atoms with Crippen molar-refractivity contribution in [1.29, 1.82) is 0 Å². The maximum atomic E-state index is 5.44. The lowest BCUT2D eigenvalue weighted by molar-refractivity contribution is 0.0583. The Morgan fingerprint density at radius 2 is 2.05 bits per heavy atom. The molecule has 0 aromatic rings. The Morgan fingerprint density at radius 1 is 1.32 bits per heavy atom. The summed E-state index contributed by atoms with van der Waals surface area (Å²) >= 11 is 1.96. The fraction of sp³-hybridized carbons (Fsp3) is 0.933. The highest BCUT2D eigenvalue weighted by Crippen LogP contribution is 2.43. The summed E-state index contributed by atoms with van der Waals surface area (Å²) < 4.78 is 5.44. The molecule has 0 aromatic carbocycles. The van der Waals surface area contributed by atoms with E-state index in [1.807, 2.05) is 11.8 Å². The molecule has 1 N–H and O–H groups in total. The second kappa shape index (κ2) is 6.04. The number of hydrogen-bond acceptors (Lipinski definition) is 4. The van der Waals surface area contributed by atoms with Crippen molar-refractivity contribution in [3.05, 3.63) is 0 Å². The fourth-order valence-electron chi connectivity index (χ4n) is 3.60. The van der Waals surface area contributed by atoms with Gasteiger partial charge in [-0.1, -0.05) is 24.6 Å². The van der Waals surface area contributed by atoms with Crippen molar-refractivity contribution in [2.45, 2.75) is 51.5 Å². The quantitative estimate of drug-likeness (QED) is 0.845. The SMILES string of the molecule is CC(NC1=NCC2(CCCC2)CS1)C1CCOCC1. The Bertz CT molecular complexity index is 333. The van der Waals surface area contributed by atoms with E-state index in [1.54, 1.807) is 0 Å². The first kappa shape index (κ1) is 13.7. The third-order valence-electron chi connectivity index (χ3n) is 5.06. The Hall–Kier alpha value is -0.220. The van der Waals surface area contributed by atoms with E-state index >= 15 is 0 Å². The maximum Gasteiger partial charge on any atom is 0.156 e. The molecule has 1 saturated heterocycles. The summed E-state index contributed by atoms with van der Waals surface area (Å²) in [6, 6.07) is 0.535. The Morgan fingerprint density at radius 3 is 2.68 bits per heavy atom. The monoisotopic (exact) mass is 282 g/mol. The zero-order chi connectivity index (χ0) is 13.1. The molecular weight excluding hydrogens is 256 g/mol. The van der Waals surface area contributed by atoms with Crippen molar-refractivity contribution in [2.75, 3.05) is 25.5 Å². The van der Waals surface area contributed by atoms with Gasteiger partial charge < -0.3 is 10.1 Å². The molecule has 3 nitrogen and oxygen atoms in total. The lowest BCUT2D eigenvalue weighted by atomic mass is 9.89. The van der Waals surface area contributed by atoms with Gasteiger partial charge >= 0.3 is 0 Å². The Kier molecular flexibility index (Phi) is 4.37. The molecule has 1 saturated carbocycles. The zero-order valence-electron chi connectivity index (χ0n) is 12.0. The minimum Gasteiger partial charge on any atom is -0.381 e. The number of hydrogen-bond donors (Lipinski definition) is 1. The van der Waals surface area contributed by atoms with Crippen LogP contribution in [-0.4, -0.2) is 36.7 Å². The lowest BCUT2D eigenvalue weighted by Crippen LogP contribution is -2.42. The van der Waals surface area contributed by atoms with Crippen LogP contribution in [0.15, 0.2) is 4.99 Å².